The summed E-state index contributed by atoms with van der Waals surface area (Å²) in [4.78, 5) is 19.1. The average molecular weight is 382 g/mol. The highest BCUT2D eigenvalue weighted by molar-refractivity contribution is 5.72. The number of rotatable bonds is 3. The Hall–Kier alpha value is -2.45. The van der Waals surface area contributed by atoms with Crippen LogP contribution in [-0.2, 0) is 22.3 Å². The molecule has 0 spiro atoms. The minimum atomic E-state index is 0.350. The van der Waals surface area contributed by atoms with Crippen molar-refractivity contribution in [2.24, 2.45) is 0 Å². The maximum absolute atomic E-state index is 5.91. The first-order chi connectivity index (χ1) is 13.7. The standard InChI is InChI=1S/C20H26N6O2/c1-2-13-9-17(21)22-11-16(13)18-23-19(25-3-6-27-7-4-25)15-10-14-12-28-8-5-26(14)20(15)24-18/h9,11,14H,2-8,10,12H2,1H3,(H2,21,22). The van der Waals surface area contributed by atoms with Gasteiger partial charge in [-0.05, 0) is 18.1 Å². The fourth-order valence-corrected chi connectivity index (χ4v) is 4.39. The van der Waals surface area contributed by atoms with Gasteiger partial charge in [-0.1, -0.05) is 6.92 Å². The van der Waals surface area contributed by atoms with E-state index in [0.29, 0.717) is 11.9 Å². The van der Waals surface area contributed by atoms with Crippen molar-refractivity contribution >= 4 is 17.5 Å². The van der Waals surface area contributed by atoms with Gasteiger partial charge >= 0.3 is 0 Å². The van der Waals surface area contributed by atoms with Crippen LogP contribution in [0.3, 0.4) is 0 Å². The number of fused-ring (bicyclic) bond motifs is 3. The molecule has 2 fully saturated rings. The molecule has 0 aromatic carbocycles. The zero-order valence-corrected chi connectivity index (χ0v) is 16.2. The molecule has 0 bridgehead atoms. The molecule has 3 aliphatic rings. The summed E-state index contributed by atoms with van der Waals surface area (Å²) < 4.78 is 11.3. The second-order valence-corrected chi connectivity index (χ2v) is 7.52. The summed E-state index contributed by atoms with van der Waals surface area (Å²) in [6.45, 7) is 7.64. The molecule has 5 heterocycles. The predicted molar refractivity (Wildman–Crippen MR) is 108 cm³/mol. The normalized spacial score (nSPS) is 21.5. The molecule has 0 radical (unpaired) electrons. The summed E-state index contributed by atoms with van der Waals surface area (Å²) in [5.74, 6) is 3.36. The van der Waals surface area contributed by atoms with Gasteiger partial charge in [0.2, 0.25) is 0 Å². The molecular formula is C20H26N6O2. The van der Waals surface area contributed by atoms with E-state index >= 15 is 0 Å². The van der Waals surface area contributed by atoms with Gasteiger partial charge in [0.25, 0.3) is 0 Å². The summed E-state index contributed by atoms with van der Waals surface area (Å²) in [7, 11) is 0. The van der Waals surface area contributed by atoms with E-state index in [-0.39, 0.29) is 0 Å². The molecule has 28 heavy (non-hydrogen) atoms. The van der Waals surface area contributed by atoms with Crippen LogP contribution in [0.5, 0.6) is 0 Å². The summed E-state index contributed by atoms with van der Waals surface area (Å²) >= 11 is 0. The van der Waals surface area contributed by atoms with Crippen LogP contribution in [0.25, 0.3) is 11.4 Å². The van der Waals surface area contributed by atoms with E-state index in [1.54, 1.807) is 0 Å². The van der Waals surface area contributed by atoms with Gasteiger partial charge in [0, 0.05) is 43.4 Å². The number of ether oxygens (including phenoxy) is 2. The molecule has 8 nitrogen and oxygen atoms in total. The quantitative estimate of drug-likeness (QED) is 0.849. The number of morpholine rings is 2. The number of anilines is 3. The monoisotopic (exact) mass is 382 g/mol. The van der Waals surface area contributed by atoms with E-state index in [1.165, 1.54) is 5.56 Å². The maximum atomic E-state index is 5.91. The van der Waals surface area contributed by atoms with Gasteiger partial charge in [-0.15, -0.1) is 0 Å². The van der Waals surface area contributed by atoms with E-state index in [9.17, 15) is 0 Å². The van der Waals surface area contributed by atoms with Crippen molar-refractivity contribution in [2.45, 2.75) is 25.8 Å². The molecule has 2 N–H and O–H groups in total. The zero-order valence-electron chi connectivity index (χ0n) is 16.2. The van der Waals surface area contributed by atoms with Crippen molar-refractivity contribution in [3.8, 4) is 11.4 Å². The third-order valence-corrected chi connectivity index (χ3v) is 5.85. The molecule has 0 saturated carbocycles. The van der Waals surface area contributed by atoms with Gasteiger partial charge in [0.15, 0.2) is 5.82 Å². The topological polar surface area (TPSA) is 89.6 Å². The van der Waals surface area contributed by atoms with Crippen molar-refractivity contribution in [1.82, 2.24) is 15.0 Å². The van der Waals surface area contributed by atoms with Gasteiger partial charge in [0.05, 0.1) is 32.5 Å². The summed E-state index contributed by atoms with van der Waals surface area (Å²) in [5.41, 5.74) is 9.23. The molecule has 3 aliphatic heterocycles. The van der Waals surface area contributed by atoms with Gasteiger partial charge in [0.1, 0.15) is 17.5 Å². The summed E-state index contributed by atoms with van der Waals surface area (Å²) in [5, 5.41) is 0. The molecule has 5 rings (SSSR count). The molecule has 1 unspecified atom stereocenters. The van der Waals surface area contributed by atoms with Crippen molar-refractivity contribution in [1.29, 1.82) is 0 Å². The Morgan fingerprint density at radius 1 is 1.11 bits per heavy atom. The lowest BCUT2D eigenvalue weighted by atomic mass is 10.1. The fraction of sp³-hybridized carbons (Fsp3) is 0.550. The third kappa shape index (κ3) is 2.97. The van der Waals surface area contributed by atoms with E-state index in [1.807, 2.05) is 12.3 Å². The maximum Gasteiger partial charge on any atom is 0.165 e. The van der Waals surface area contributed by atoms with Crippen molar-refractivity contribution in [2.75, 3.05) is 61.6 Å². The van der Waals surface area contributed by atoms with Crippen LogP contribution in [0.2, 0.25) is 0 Å². The number of nitrogens with zero attached hydrogens (tertiary/aromatic N) is 5. The number of nitrogens with two attached hydrogens (primary N) is 1. The molecule has 2 saturated heterocycles. The lowest BCUT2D eigenvalue weighted by Gasteiger charge is -2.31. The second-order valence-electron chi connectivity index (χ2n) is 7.52. The second kappa shape index (κ2) is 7.18. The molecular weight excluding hydrogens is 356 g/mol. The van der Waals surface area contributed by atoms with Crippen LogP contribution >= 0.6 is 0 Å². The Morgan fingerprint density at radius 2 is 1.89 bits per heavy atom. The Balaban J connectivity index is 1.65. The number of hydrogen-bond donors (Lipinski definition) is 1. The first-order valence-electron chi connectivity index (χ1n) is 10.1. The number of nitrogen functional groups attached to an aromatic ring is 1. The van der Waals surface area contributed by atoms with E-state index in [4.69, 9.17) is 25.2 Å². The van der Waals surface area contributed by atoms with Crippen molar-refractivity contribution < 1.29 is 9.47 Å². The number of aryl methyl sites for hydroxylation is 1. The van der Waals surface area contributed by atoms with Crippen LogP contribution in [0.4, 0.5) is 17.5 Å². The summed E-state index contributed by atoms with van der Waals surface area (Å²) in [6, 6.07) is 2.28. The van der Waals surface area contributed by atoms with E-state index in [2.05, 4.69) is 21.7 Å². The predicted octanol–water partition coefficient (Wildman–Crippen LogP) is 1.28. The highest BCUT2D eigenvalue weighted by atomic mass is 16.5. The first kappa shape index (κ1) is 17.6. The Morgan fingerprint density at radius 3 is 2.71 bits per heavy atom. The van der Waals surface area contributed by atoms with Gasteiger partial charge in [-0.25, -0.2) is 15.0 Å². The average Bonchev–Trinajstić information content (AvgIpc) is 3.12. The van der Waals surface area contributed by atoms with Crippen LogP contribution in [0, 0.1) is 0 Å². The Bertz CT molecular complexity index is 883. The number of hydrogen-bond acceptors (Lipinski definition) is 8. The molecule has 1 atom stereocenters. The zero-order chi connectivity index (χ0) is 19.1. The molecule has 148 valence electrons. The lowest BCUT2D eigenvalue weighted by Crippen LogP contribution is -2.43. The molecule has 8 heteroatoms. The van der Waals surface area contributed by atoms with E-state index in [0.717, 1.165) is 87.5 Å². The molecule has 0 aliphatic carbocycles. The van der Waals surface area contributed by atoms with Gasteiger partial charge in [-0.2, -0.15) is 0 Å². The molecule has 0 amide bonds. The molecule has 2 aromatic rings. The van der Waals surface area contributed by atoms with Gasteiger partial charge in [-0.3, -0.25) is 0 Å². The Kier molecular flexibility index (Phi) is 4.52. The summed E-state index contributed by atoms with van der Waals surface area (Å²) in [6.07, 6.45) is 3.60. The lowest BCUT2D eigenvalue weighted by molar-refractivity contribution is 0.0973. The van der Waals surface area contributed by atoms with Crippen LogP contribution < -0.4 is 15.5 Å². The minimum absolute atomic E-state index is 0.350. The Labute approximate surface area is 164 Å². The fourth-order valence-electron chi connectivity index (χ4n) is 4.39. The van der Waals surface area contributed by atoms with Crippen LogP contribution in [0.1, 0.15) is 18.1 Å². The largest absolute Gasteiger partial charge is 0.384 e. The highest BCUT2D eigenvalue weighted by Gasteiger charge is 2.37. The van der Waals surface area contributed by atoms with Crippen LogP contribution in [0.15, 0.2) is 12.3 Å². The first-order valence-corrected chi connectivity index (χ1v) is 10.1. The van der Waals surface area contributed by atoms with E-state index < -0.39 is 0 Å². The highest BCUT2D eigenvalue weighted by Crippen LogP contribution is 2.39. The third-order valence-electron chi connectivity index (χ3n) is 5.85. The number of aromatic nitrogens is 3. The van der Waals surface area contributed by atoms with Gasteiger partial charge < -0.3 is 25.0 Å². The minimum Gasteiger partial charge on any atom is -0.384 e. The number of pyridine rings is 1. The van der Waals surface area contributed by atoms with Crippen molar-refractivity contribution in [3.05, 3.63) is 23.4 Å². The van der Waals surface area contributed by atoms with Crippen molar-refractivity contribution in [3.63, 3.8) is 0 Å². The van der Waals surface area contributed by atoms with Crippen LogP contribution in [-0.4, -0.2) is 67.1 Å². The SMILES string of the molecule is CCc1cc(N)ncc1-c1nc(N2CCOCC2)c2c(n1)N1CCOCC1C2. The smallest absolute Gasteiger partial charge is 0.165 e. The molecule has 2 aromatic heterocycles.